The van der Waals surface area contributed by atoms with Crippen LogP contribution in [0.25, 0.3) is 0 Å². The smallest absolute Gasteiger partial charge is 0.281 e. The molecule has 0 saturated heterocycles. The van der Waals surface area contributed by atoms with E-state index in [-0.39, 0.29) is 0 Å². The summed E-state index contributed by atoms with van der Waals surface area (Å²) in [7, 11) is -4.57. The Labute approximate surface area is 89.0 Å². The Morgan fingerprint density at radius 3 is 2.50 bits per heavy atom. The highest BCUT2D eigenvalue weighted by Crippen LogP contribution is 2.30. The number of primary sulfonamides is 1. The normalized spacial score (nSPS) is 11.4. The van der Waals surface area contributed by atoms with E-state index >= 15 is 0 Å². The maximum atomic E-state index is 12.4. The SMILES string of the molecule is N#Cc1c(O)cnc(C(F)F)c1S(N)(=O)=O. The van der Waals surface area contributed by atoms with E-state index in [2.05, 4.69) is 10.1 Å². The van der Waals surface area contributed by atoms with Gasteiger partial charge >= 0.3 is 0 Å². The predicted molar refractivity (Wildman–Crippen MR) is 46.9 cm³/mol. The van der Waals surface area contributed by atoms with Crippen molar-refractivity contribution in [1.82, 2.24) is 4.98 Å². The molecule has 86 valence electrons. The molecule has 1 rings (SSSR count). The zero-order valence-corrected chi connectivity index (χ0v) is 8.37. The van der Waals surface area contributed by atoms with Gasteiger partial charge in [0.15, 0.2) is 5.75 Å². The van der Waals surface area contributed by atoms with Gasteiger partial charge in [0.2, 0.25) is 10.0 Å². The van der Waals surface area contributed by atoms with E-state index in [1.165, 1.54) is 6.07 Å². The van der Waals surface area contributed by atoms with Gasteiger partial charge in [-0.1, -0.05) is 0 Å². The van der Waals surface area contributed by atoms with Gasteiger partial charge < -0.3 is 5.11 Å². The lowest BCUT2D eigenvalue weighted by atomic mass is 10.2. The zero-order chi connectivity index (χ0) is 12.5. The molecular formula is C7H5F2N3O3S. The summed E-state index contributed by atoms with van der Waals surface area (Å²) in [5.74, 6) is -0.823. The molecule has 0 bridgehead atoms. The van der Waals surface area contributed by atoms with Crippen LogP contribution < -0.4 is 5.14 Å². The van der Waals surface area contributed by atoms with Crippen molar-refractivity contribution >= 4 is 10.0 Å². The fourth-order valence-electron chi connectivity index (χ4n) is 1.05. The Bertz CT molecular complexity index is 565. The van der Waals surface area contributed by atoms with Crippen LogP contribution in [-0.2, 0) is 10.0 Å². The van der Waals surface area contributed by atoms with Gasteiger partial charge in [-0.05, 0) is 0 Å². The van der Waals surface area contributed by atoms with E-state index < -0.39 is 38.4 Å². The Morgan fingerprint density at radius 2 is 2.12 bits per heavy atom. The molecule has 0 aliphatic heterocycles. The standard InChI is InChI=1S/C7H5F2N3O3S/c8-7(9)5-6(16(11,14)15)3(1-10)4(13)2-12-5/h2,7,13H,(H2,11,14,15). The van der Waals surface area contributed by atoms with E-state index in [1.807, 2.05) is 0 Å². The quantitative estimate of drug-likeness (QED) is 0.778. The van der Waals surface area contributed by atoms with Crippen LogP contribution in [-0.4, -0.2) is 18.5 Å². The molecular weight excluding hydrogens is 244 g/mol. The lowest BCUT2D eigenvalue weighted by molar-refractivity contribution is 0.142. The highest BCUT2D eigenvalue weighted by atomic mass is 32.2. The summed E-state index contributed by atoms with van der Waals surface area (Å²) in [5, 5.41) is 22.4. The summed E-state index contributed by atoms with van der Waals surface area (Å²) in [6.07, 6.45) is -2.66. The number of hydrogen-bond donors (Lipinski definition) is 2. The van der Waals surface area contributed by atoms with E-state index in [4.69, 9.17) is 10.4 Å². The number of nitriles is 1. The Morgan fingerprint density at radius 1 is 1.56 bits per heavy atom. The molecule has 0 atom stereocenters. The lowest BCUT2D eigenvalue weighted by Gasteiger charge is -2.08. The Kier molecular flexibility index (Phi) is 3.06. The lowest BCUT2D eigenvalue weighted by Crippen LogP contribution is -2.17. The van der Waals surface area contributed by atoms with Crippen molar-refractivity contribution in [3.8, 4) is 11.8 Å². The molecule has 16 heavy (non-hydrogen) atoms. The van der Waals surface area contributed by atoms with Crippen molar-refractivity contribution in [1.29, 1.82) is 5.26 Å². The highest BCUT2D eigenvalue weighted by molar-refractivity contribution is 7.89. The second-order valence-corrected chi connectivity index (χ2v) is 4.19. The minimum Gasteiger partial charge on any atom is -0.505 e. The van der Waals surface area contributed by atoms with Crippen LogP contribution in [0.15, 0.2) is 11.1 Å². The van der Waals surface area contributed by atoms with Crippen molar-refractivity contribution in [3.05, 3.63) is 17.5 Å². The number of rotatable bonds is 2. The number of alkyl halides is 2. The number of nitrogens with zero attached hydrogens (tertiary/aromatic N) is 2. The summed E-state index contributed by atoms with van der Waals surface area (Å²) < 4.78 is 46.9. The first-order valence-electron chi connectivity index (χ1n) is 3.72. The molecule has 0 saturated carbocycles. The first-order valence-corrected chi connectivity index (χ1v) is 5.26. The van der Waals surface area contributed by atoms with Crippen LogP contribution >= 0.6 is 0 Å². The molecule has 0 aliphatic rings. The van der Waals surface area contributed by atoms with Crippen LogP contribution in [0.1, 0.15) is 17.7 Å². The van der Waals surface area contributed by atoms with Crippen molar-refractivity contribution in [2.45, 2.75) is 11.3 Å². The molecule has 0 aliphatic carbocycles. The molecule has 0 unspecified atom stereocenters. The van der Waals surface area contributed by atoms with Gasteiger partial charge in [-0.3, -0.25) is 0 Å². The summed E-state index contributed by atoms with van der Waals surface area (Å²) in [5.41, 5.74) is -2.00. The van der Waals surface area contributed by atoms with Crippen LogP contribution in [0.4, 0.5) is 8.78 Å². The van der Waals surface area contributed by atoms with Crippen molar-refractivity contribution < 1.29 is 22.3 Å². The van der Waals surface area contributed by atoms with Crippen LogP contribution in [0.2, 0.25) is 0 Å². The third-order valence-corrected chi connectivity index (χ3v) is 2.63. The fraction of sp³-hybridized carbons (Fsp3) is 0.143. The highest BCUT2D eigenvalue weighted by Gasteiger charge is 2.28. The fourth-order valence-corrected chi connectivity index (χ4v) is 1.92. The van der Waals surface area contributed by atoms with Gasteiger partial charge in [0.25, 0.3) is 6.43 Å². The van der Waals surface area contributed by atoms with E-state index in [0.29, 0.717) is 6.20 Å². The number of aromatic nitrogens is 1. The van der Waals surface area contributed by atoms with E-state index in [9.17, 15) is 17.2 Å². The number of nitrogens with two attached hydrogens (primary N) is 1. The van der Waals surface area contributed by atoms with Crippen LogP contribution in [0.3, 0.4) is 0 Å². The summed E-state index contributed by atoms with van der Waals surface area (Å²) in [6, 6.07) is 1.28. The van der Waals surface area contributed by atoms with Gasteiger partial charge in [-0.15, -0.1) is 0 Å². The first kappa shape index (κ1) is 12.3. The van der Waals surface area contributed by atoms with Crippen LogP contribution in [0, 0.1) is 11.3 Å². The zero-order valence-electron chi connectivity index (χ0n) is 7.55. The Balaban J connectivity index is 3.77. The minimum atomic E-state index is -4.57. The summed E-state index contributed by atoms with van der Waals surface area (Å²) >= 11 is 0. The maximum Gasteiger partial charge on any atom is 0.281 e. The van der Waals surface area contributed by atoms with Gasteiger partial charge in [-0.25, -0.2) is 27.3 Å². The molecule has 1 aromatic rings. The van der Waals surface area contributed by atoms with Gasteiger partial charge in [0, 0.05) is 0 Å². The first-order chi connectivity index (χ1) is 7.29. The number of aromatic hydroxyl groups is 1. The maximum absolute atomic E-state index is 12.4. The third kappa shape index (κ3) is 2.07. The van der Waals surface area contributed by atoms with Crippen molar-refractivity contribution in [2.24, 2.45) is 5.14 Å². The molecule has 1 heterocycles. The van der Waals surface area contributed by atoms with E-state index in [0.717, 1.165) is 0 Å². The van der Waals surface area contributed by atoms with Crippen molar-refractivity contribution in [2.75, 3.05) is 0 Å². The van der Waals surface area contributed by atoms with Crippen LogP contribution in [0.5, 0.6) is 5.75 Å². The molecule has 0 spiro atoms. The predicted octanol–water partition coefficient (Wildman–Crippen LogP) is 0.244. The number of hydrogen-bond acceptors (Lipinski definition) is 5. The molecule has 6 nitrogen and oxygen atoms in total. The molecule has 0 aromatic carbocycles. The molecule has 0 fully saturated rings. The largest absolute Gasteiger partial charge is 0.505 e. The monoisotopic (exact) mass is 249 g/mol. The van der Waals surface area contributed by atoms with Gasteiger partial charge in [0.1, 0.15) is 22.2 Å². The molecule has 0 amide bonds. The summed E-state index contributed by atoms with van der Waals surface area (Å²) in [4.78, 5) is 1.89. The Hall–Kier alpha value is -1.79. The topological polar surface area (TPSA) is 117 Å². The minimum absolute atomic E-state index is 0.564. The third-order valence-electron chi connectivity index (χ3n) is 1.64. The van der Waals surface area contributed by atoms with Crippen molar-refractivity contribution in [3.63, 3.8) is 0 Å². The average Bonchev–Trinajstić information content (AvgIpc) is 2.15. The summed E-state index contributed by atoms with van der Waals surface area (Å²) in [6.45, 7) is 0. The van der Waals surface area contributed by atoms with Gasteiger partial charge in [-0.2, -0.15) is 5.26 Å². The molecule has 3 N–H and O–H groups in total. The number of halogens is 2. The average molecular weight is 249 g/mol. The molecule has 0 radical (unpaired) electrons. The number of sulfonamides is 1. The van der Waals surface area contributed by atoms with E-state index in [1.54, 1.807) is 0 Å². The van der Waals surface area contributed by atoms with Gasteiger partial charge in [0.05, 0.1) is 6.20 Å². The second-order valence-electron chi connectivity index (χ2n) is 2.69. The second kappa shape index (κ2) is 3.99. The molecule has 9 heteroatoms. The number of pyridine rings is 1. The molecule has 1 aromatic heterocycles.